The summed E-state index contributed by atoms with van der Waals surface area (Å²) in [5, 5.41) is 20.6. The van der Waals surface area contributed by atoms with E-state index in [1.807, 2.05) is 0 Å². The number of Topliss-reactive ketones (excluding diaryl/α,β-unsaturated/α-hetero) is 2. The summed E-state index contributed by atoms with van der Waals surface area (Å²) in [6, 6.07) is 0. The Balaban J connectivity index is 0.00000193. The van der Waals surface area contributed by atoms with Crippen molar-refractivity contribution in [3.63, 3.8) is 0 Å². The van der Waals surface area contributed by atoms with Crippen LogP contribution in [0.3, 0.4) is 0 Å². The Morgan fingerprint density at radius 2 is 1.94 bits per heavy atom. The molecule has 0 aliphatic heterocycles. The molecule has 0 saturated heterocycles. The van der Waals surface area contributed by atoms with Crippen molar-refractivity contribution in [1.82, 2.24) is 0 Å². The van der Waals surface area contributed by atoms with E-state index in [1.165, 1.54) is 6.08 Å². The Bertz CT molecular complexity index is 935. The summed E-state index contributed by atoms with van der Waals surface area (Å²) < 4.78 is 16.7. The molecule has 174 valence electrons. The molecule has 7 atom stereocenters. The molecule has 11 heteroatoms. The maximum atomic E-state index is 13.6. The number of fused-ring (bicyclic) bond motifs is 5. The molecule has 0 aromatic carbocycles. The minimum absolute atomic E-state index is 0. The zero-order valence-corrected chi connectivity index (χ0v) is 21.5. The zero-order valence-electron chi connectivity index (χ0n) is 19.6. The molecule has 4 aliphatic rings. The van der Waals surface area contributed by atoms with Crippen molar-refractivity contribution in [2.24, 2.45) is 28.6 Å². The van der Waals surface area contributed by atoms with Crippen molar-refractivity contribution in [2.75, 3.05) is 6.61 Å². The van der Waals surface area contributed by atoms with E-state index in [0.717, 1.165) is 0 Å². The molecule has 0 amide bonds. The Morgan fingerprint density at radius 1 is 1.28 bits per heavy atom. The van der Waals surface area contributed by atoms with E-state index in [9.17, 15) is 38.9 Å². The third-order valence-electron chi connectivity index (χ3n) is 8.76. The molecule has 4 rings (SSSR count). The second-order valence-electron chi connectivity index (χ2n) is 10.0. The smallest absolute Gasteiger partial charge is 1.00 e. The first-order valence-corrected chi connectivity index (χ1v) is 12.2. The molecular weight excluding hydrogens is 450 g/mol. The summed E-state index contributed by atoms with van der Waals surface area (Å²) in [5.74, 6) is -2.23. The first kappa shape index (κ1) is 26.4. The molecule has 0 bridgehead atoms. The average molecular weight is 480 g/mol. The number of aliphatic hydroxyl groups is 2. The van der Waals surface area contributed by atoms with Crippen LogP contribution in [0.15, 0.2) is 11.6 Å². The second kappa shape index (κ2) is 8.47. The van der Waals surface area contributed by atoms with Crippen molar-refractivity contribution in [3.05, 3.63) is 11.6 Å². The summed E-state index contributed by atoms with van der Waals surface area (Å²) in [5.41, 5.74) is -3.20. The third-order valence-corrected chi connectivity index (χ3v) is 9.29. The number of aliphatic hydroxyl groups excluding tert-OH is 1. The van der Waals surface area contributed by atoms with Crippen LogP contribution in [0.1, 0.15) is 53.8 Å². The van der Waals surface area contributed by atoms with Crippen LogP contribution < -0.4 is 29.6 Å². The van der Waals surface area contributed by atoms with Crippen molar-refractivity contribution in [1.29, 1.82) is 0 Å². The fourth-order valence-electron chi connectivity index (χ4n) is 7.30. The minimum Gasteiger partial charge on any atom is -1.00 e. The molecule has 1 unspecified atom stereocenters. The van der Waals surface area contributed by atoms with Gasteiger partial charge in [-0.05, 0) is 43.6 Å². The molecule has 4 N–H and O–H groups in total. The monoisotopic (exact) mass is 480 g/mol. The van der Waals surface area contributed by atoms with Crippen molar-refractivity contribution in [2.45, 2.75) is 64.1 Å². The number of ketones is 3. The molecule has 0 spiro atoms. The second-order valence-corrected chi connectivity index (χ2v) is 11.2. The number of hydrogen-bond acceptors (Lipinski definition) is 7. The number of phosphoric ester groups is 1. The van der Waals surface area contributed by atoms with E-state index in [1.54, 1.807) is 13.8 Å². The minimum atomic E-state index is -4.91. The molecule has 0 radical (unpaired) electrons. The van der Waals surface area contributed by atoms with E-state index < -0.39 is 48.7 Å². The van der Waals surface area contributed by atoms with Crippen LogP contribution in [0, 0.1) is 28.6 Å². The van der Waals surface area contributed by atoms with Gasteiger partial charge in [-0.1, -0.05) is 19.4 Å². The third kappa shape index (κ3) is 3.69. The van der Waals surface area contributed by atoms with E-state index in [0.29, 0.717) is 24.8 Å². The predicted molar refractivity (Wildman–Crippen MR) is 108 cm³/mol. The van der Waals surface area contributed by atoms with Gasteiger partial charge in [0.15, 0.2) is 11.6 Å². The fraction of sp³-hybridized carbons (Fsp3) is 0.762. The van der Waals surface area contributed by atoms with Crippen LogP contribution in [-0.4, -0.2) is 55.7 Å². The number of rotatable bonds is 4. The summed E-state index contributed by atoms with van der Waals surface area (Å²) in [6.07, 6.45) is 1.74. The summed E-state index contributed by atoms with van der Waals surface area (Å²) in [4.78, 5) is 57.2. The molecular formula is C21H30NaO9P. The molecule has 32 heavy (non-hydrogen) atoms. The quantitative estimate of drug-likeness (QED) is 0.269. The zero-order chi connectivity index (χ0) is 23.0. The summed E-state index contributed by atoms with van der Waals surface area (Å²) >= 11 is 0. The first-order valence-electron chi connectivity index (χ1n) is 10.6. The van der Waals surface area contributed by atoms with E-state index in [-0.39, 0.29) is 73.6 Å². The normalized spacial score (nSPS) is 43.5. The van der Waals surface area contributed by atoms with Gasteiger partial charge in [-0.15, -0.1) is 0 Å². The maximum absolute atomic E-state index is 13.6. The SMILES string of the molecule is C[C@]12CC(=O)[C@H]3[C@@H](CCC4=CC(=O)CC(OP(=O)(O)O)[C@@]43C)[C@@H]1CC[C@]2(O)C(=O)CO.[H-].[Na+]. The van der Waals surface area contributed by atoms with Gasteiger partial charge in [0.1, 0.15) is 18.0 Å². The van der Waals surface area contributed by atoms with Crippen LogP contribution in [0.5, 0.6) is 0 Å². The Kier molecular flexibility index (Phi) is 6.98. The number of carbonyl (C=O) groups excluding carboxylic acids is 3. The number of carbonyl (C=O) groups is 3. The molecule has 0 heterocycles. The predicted octanol–water partition coefficient (Wildman–Crippen LogP) is -1.81. The van der Waals surface area contributed by atoms with Crippen molar-refractivity contribution < 1.29 is 74.5 Å². The van der Waals surface area contributed by atoms with Crippen LogP contribution in [-0.2, 0) is 23.5 Å². The topological polar surface area (TPSA) is 158 Å². The fourth-order valence-corrected chi connectivity index (χ4v) is 7.93. The van der Waals surface area contributed by atoms with Crippen LogP contribution >= 0.6 is 7.82 Å². The summed E-state index contributed by atoms with van der Waals surface area (Å²) in [6.45, 7) is 2.67. The van der Waals surface area contributed by atoms with E-state index >= 15 is 0 Å². The van der Waals surface area contributed by atoms with E-state index in [2.05, 4.69) is 0 Å². The largest absolute Gasteiger partial charge is 1.00 e. The van der Waals surface area contributed by atoms with E-state index in [4.69, 9.17) is 4.52 Å². The Hall–Kier alpha value is -0.220. The molecule has 3 fully saturated rings. The van der Waals surface area contributed by atoms with Crippen LogP contribution in [0.2, 0.25) is 0 Å². The van der Waals surface area contributed by atoms with Gasteiger partial charge < -0.3 is 21.4 Å². The number of hydrogen-bond donors (Lipinski definition) is 4. The number of phosphoric acid groups is 1. The molecule has 3 saturated carbocycles. The van der Waals surface area contributed by atoms with Gasteiger partial charge in [0.2, 0.25) is 0 Å². The standard InChI is InChI=1S/C21H29O9P.Na.H/c1-19-9-15(24)18-13(14(19)5-6-21(19,26)16(25)10-22)4-3-11-7-12(23)8-17(20(11,18)2)30-31(27,28)29;;/h7,13-14,17-18,22,26H,3-6,8-10H2,1-2H3,(H2,27,28,29);;/q;+1;-1/t13-,14-,17?,18+,19-,20+,21-;;/m0../s1. The Labute approximate surface area is 210 Å². The van der Waals surface area contributed by atoms with Gasteiger partial charge in [-0.3, -0.25) is 18.9 Å². The molecule has 4 aliphatic carbocycles. The van der Waals surface area contributed by atoms with Gasteiger partial charge in [0.25, 0.3) is 0 Å². The molecule has 0 aromatic rings. The van der Waals surface area contributed by atoms with Gasteiger partial charge in [0, 0.05) is 29.6 Å². The molecule has 9 nitrogen and oxygen atoms in total. The van der Waals surface area contributed by atoms with Gasteiger partial charge in [-0.25, -0.2) is 4.57 Å². The van der Waals surface area contributed by atoms with Crippen molar-refractivity contribution in [3.8, 4) is 0 Å². The first-order chi connectivity index (χ1) is 14.3. The van der Waals surface area contributed by atoms with Gasteiger partial charge in [0.05, 0.1) is 6.10 Å². The average Bonchev–Trinajstić information content (AvgIpc) is 2.92. The molecule has 0 aromatic heterocycles. The Morgan fingerprint density at radius 3 is 2.53 bits per heavy atom. The van der Waals surface area contributed by atoms with Gasteiger partial charge in [-0.2, -0.15) is 0 Å². The van der Waals surface area contributed by atoms with Gasteiger partial charge >= 0.3 is 37.4 Å². The summed E-state index contributed by atoms with van der Waals surface area (Å²) in [7, 11) is -4.91. The van der Waals surface area contributed by atoms with Crippen LogP contribution in [0.25, 0.3) is 0 Å². The van der Waals surface area contributed by atoms with Crippen molar-refractivity contribution >= 4 is 25.2 Å². The maximum Gasteiger partial charge on any atom is 1.00 e. The van der Waals surface area contributed by atoms with Crippen LogP contribution in [0.4, 0.5) is 0 Å².